The lowest BCUT2D eigenvalue weighted by Gasteiger charge is -2.35. The van der Waals surface area contributed by atoms with Gasteiger partial charge < -0.3 is 9.30 Å². The quantitative estimate of drug-likeness (QED) is 0.707. The molecule has 0 radical (unpaired) electrons. The van der Waals surface area contributed by atoms with Crippen LogP contribution in [0.2, 0.25) is 0 Å². The van der Waals surface area contributed by atoms with Crippen molar-refractivity contribution in [3.63, 3.8) is 0 Å². The van der Waals surface area contributed by atoms with E-state index >= 15 is 0 Å². The van der Waals surface area contributed by atoms with Gasteiger partial charge in [0.05, 0.1) is 42.2 Å². The van der Waals surface area contributed by atoms with Crippen molar-refractivity contribution in [3.05, 3.63) is 53.9 Å². The molecule has 6 nitrogen and oxygen atoms in total. The van der Waals surface area contributed by atoms with Gasteiger partial charge in [0.25, 0.3) is 0 Å². The predicted octanol–water partition coefficient (Wildman–Crippen LogP) is 2.51. The highest BCUT2D eigenvalue weighted by atomic mass is 16.5. The molecule has 3 aromatic rings. The highest BCUT2D eigenvalue weighted by molar-refractivity contribution is 5.75. The first-order valence-electron chi connectivity index (χ1n) is 9.21. The SMILES string of the molecule is Cc1nccnc1CCC1COCCN1Cc1nc2ccccc2n1C. The van der Waals surface area contributed by atoms with Crippen LogP contribution in [-0.4, -0.2) is 50.2 Å². The van der Waals surface area contributed by atoms with Crippen molar-refractivity contribution in [1.82, 2.24) is 24.4 Å². The van der Waals surface area contributed by atoms with Gasteiger partial charge in [-0.25, -0.2) is 4.98 Å². The van der Waals surface area contributed by atoms with E-state index in [1.54, 1.807) is 12.4 Å². The summed E-state index contributed by atoms with van der Waals surface area (Å²) >= 11 is 0. The predicted molar refractivity (Wildman–Crippen MR) is 101 cm³/mol. The Morgan fingerprint density at radius 1 is 1.19 bits per heavy atom. The number of rotatable bonds is 5. The molecule has 6 heteroatoms. The zero-order valence-electron chi connectivity index (χ0n) is 15.4. The summed E-state index contributed by atoms with van der Waals surface area (Å²) in [7, 11) is 2.10. The molecule has 1 fully saturated rings. The van der Waals surface area contributed by atoms with Gasteiger partial charge in [0, 0.05) is 32.0 Å². The Hall–Kier alpha value is -2.31. The van der Waals surface area contributed by atoms with E-state index in [4.69, 9.17) is 9.72 Å². The summed E-state index contributed by atoms with van der Waals surface area (Å²) in [4.78, 5) is 16.1. The number of fused-ring (bicyclic) bond motifs is 1. The number of aromatic nitrogens is 4. The molecule has 1 aliphatic heterocycles. The first-order chi connectivity index (χ1) is 12.7. The second kappa shape index (κ2) is 7.51. The zero-order valence-corrected chi connectivity index (χ0v) is 15.4. The van der Waals surface area contributed by atoms with Crippen molar-refractivity contribution in [2.75, 3.05) is 19.8 Å². The fourth-order valence-corrected chi connectivity index (χ4v) is 3.67. The molecule has 0 aliphatic carbocycles. The molecular weight excluding hydrogens is 326 g/mol. The first kappa shape index (κ1) is 17.1. The number of nitrogens with zero attached hydrogens (tertiary/aromatic N) is 5. The van der Waals surface area contributed by atoms with Crippen molar-refractivity contribution < 1.29 is 4.74 Å². The zero-order chi connectivity index (χ0) is 17.9. The molecule has 1 aromatic carbocycles. The highest BCUT2D eigenvalue weighted by Gasteiger charge is 2.25. The largest absolute Gasteiger partial charge is 0.378 e. The number of hydrogen-bond donors (Lipinski definition) is 0. The Morgan fingerprint density at radius 3 is 2.88 bits per heavy atom. The summed E-state index contributed by atoms with van der Waals surface area (Å²) in [6, 6.07) is 8.69. The van der Waals surface area contributed by atoms with Gasteiger partial charge in [0.15, 0.2) is 0 Å². The van der Waals surface area contributed by atoms with Crippen LogP contribution in [0.15, 0.2) is 36.7 Å². The molecule has 0 bridgehead atoms. The Kier molecular flexibility index (Phi) is 4.95. The van der Waals surface area contributed by atoms with Crippen molar-refractivity contribution >= 4 is 11.0 Å². The van der Waals surface area contributed by atoms with Gasteiger partial charge in [-0.05, 0) is 31.9 Å². The normalized spacial score (nSPS) is 18.5. The van der Waals surface area contributed by atoms with Gasteiger partial charge in [-0.3, -0.25) is 14.9 Å². The van der Waals surface area contributed by atoms with E-state index in [0.29, 0.717) is 6.04 Å². The summed E-state index contributed by atoms with van der Waals surface area (Å²) in [5.41, 5.74) is 4.35. The molecule has 2 aromatic heterocycles. The average Bonchev–Trinajstić information content (AvgIpc) is 2.98. The molecule has 4 rings (SSSR count). The van der Waals surface area contributed by atoms with Crippen LogP contribution in [0.25, 0.3) is 11.0 Å². The Balaban J connectivity index is 1.48. The number of aryl methyl sites for hydroxylation is 3. The molecule has 0 N–H and O–H groups in total. The number of para-hydroxylation sites is 2. The molecule has 0 spiro atoms. The number of ether oxygens (including phenoxy) is 1. The summed E-state index contributed by atoms with van der Waals surface area (Å²) in [6.45, 7) is 5.36. The minimum atomic E-state index is 0.380. The molecule has 26 heavy (non-hydrogen) atoms. The van der Waals surface area contributed by atoms with Crippen LogP contribution in [0.4, 0.5) is 0 Å². The lowest BCUT2D eigenvalue weighted by molar-refractivity contribution is -0.0158. The second-order valence-corrected chi connectivity index (χ2v) is 6.90. The van der Waals surface area contributed by atoms with Crippen LogP contribution in [-0.2, 0) is 24.8 Å². The summed E-state index contributed by atoms with van der Waals surface area (Å²) in [5, 5.41) is 0. The topological polar surface area (TPSA) is 56.1 Å². The fraction of sp³-hybridized carbons (Fsp3) is 0.450. The van der Waals surface area contributed by atoms with Gasteiger partial charge in [0.2, 0.25) is 0 Å². The molecule has 1 unspecified atom stereocenters. The van der Waals surface area contributed by atoms with E-state index in [0.717, 1.165) is 61.9 Å². The van der Waals surface area contributed by atoms with Crippen LogP contribution in [0.3, 0.4) is 0 Å². The maximum atomic E-state index is 5.75. The Labute approximate surface area is 153 Å². The van der Waals surface area contributed by atoms with E-state index in [1.807, 2.05) is 13.0 Å². The number of morpholine rings is 1. The van der Waals surface area contributed by atoms with Crippen LogP contribution in [0.5, 0.6) is 0 Å². The smallest absolute Gasteiger partial charge is 0.123 e. The molecule has 1 aliphatic rings. The minimum Gasteiger partial charge on any atom is -0.378 e. The molecule has 3 heterocycles. The lowest BCUT2D eigenvalue weighted by atomic mass is 10.1. The Bertz CT molecular complexity index is 891. The second-order valence-electron chi connectivity index (χ2n) is 6.90. The molecular formula is C20H25N5O. The van der Waals surface area contributed by atoms with Gasteiger partial charge >= 0.3 is 0 Å². The van der Waals surface area contributed by atoms with Crippen LogP contribution < -0.4 is 0 Å². The van der Waals surface area contributed by atoms with E-state index in [-0.39, 0.29) is 0 Å². The molecule has 1 saturated heterocycles. The van der Waals surface area contributed by atoms with Crippen molar-refractivity contribution in [2.45, 2.75) is 32.4 Å². The van der Waals surface area contributed by atoms with E-state index in [2.05, 4.69) is 44.7 Å². The molecule has 136 valence electrons. The highest BCUT2D eigenvalue weighted by Crippen LogP contribution is 2.20. The standard InChI is InChI=1S/C20H25N5O/c1-15-17(22-10-9-21-15)8-7-16-14-26-12-11-25(16)13-20-23-18-5-3-4-6-19(18)24(20)2/h3-6,9-10,16H,7-8,11-14H2,1-2H3. The van der Waals surface area contributed by atoms with Crippen LogP contribution in [0.1, 0.15) is 23.6 Å². The van der Waals surface area contributed by atoms with Crippen LogP contribution >= 0.6 is 0 Å². The number of benzene rings is 1. The van der Waals surface area contributed by atoms with Gasteiger partial charge in [0.1, 0.15) is 5.82 Å². The lowest BCUT2D eigenvalue weighted by Crippen LogP contribution is -2.45. The third-order valence-corrected chi connectivity index (χ3v) is 5.27. The van der Waals surface area contributed by atoms with Crippen molar-refractivity contribution in [1.29, 1.82) is 0 Å². The molecule has 0 amide bonds. The maximum absolute atomic E-state index is 5.75. The minimum absolute atomic E-state index is 0.380. The maximum Gasteiger partial charge on any atom is 0.123 e. The fourth-order valence-electron chi connectivity index (χ4n) is 3.67. The summed E-state index contributed by atoms with van der Waals surface area (Å²) in [6.07, 6.45) is 5.47. The van der Waals surface area contributed by atoms with E-state index in [1.165, 1.54) is 5.52 Å². The third-order valence-electron chi connectivity index (χ3n) is 5.27. The van der Waals surface area contributed by atoms with Gasteiger partial charge in [-0.1, -0.05) is 12.1 Å². The van der Waals surface area contributed by atoms with Gasteiger partial charge in [-0.15, -0.1) is 0 Å². The monoisotopic (exact) mass is 351 g/mol. The van der Waals surface area contributed by atoms with Crippen molar-refractivity contribution in [2.24, 2.45) is 7.05 Å². The van der Waals surface area contributed by atoms with Crippen molar-refractivity contribution in [3.8, 4) is 0 Å². The van der Waals surface area contributed by atoms with E-state index < -0.39 is 0 Å². The van der Waals surface area contributed by atoms with Crippen LogP contribution in [0, 0.1) is 6.92 Å². The Morgan fingerprint density at radius 2 is 2.04 bits per heavy atom. The van der Waals surface area contributed by atoms with Gasteiger partial charge in [-0.2, -0.15) is 0 Å². The summed E-state index contributed by atoms with van der Waals surface area (Å²) < 4.78 is 7.96. The summed E-state index contributed by atoms with van der Waals surface area (Å²) in [5.74, 6) is 1.11. The average molecular weight is 351 g/mol. The molecule has 1 atom stereocenters. The molecule has 0 saturated carbocycles. The number of imidazole rings is 1. The van der Waals surface area contributed by atoms with E-state index in [9.17, 15) is 0 Å². The number of hydrogen-bond acceptors (Lipinski definition) is 5. The third kappa shape index (κ3) is 3.48. The first-order valence-corrected chi connectivity index (χ1v) is 9.21.